The van der Waals surface area contributed by atoms with Gasteiger partial charge in [0.15, 0.2) is 5.82 Å². The van der Waals surface area contributed by atoms with E-state index in [1.807, 2.05) is 30.7 Å². The first kappa shape index (κ1) is 24.8. The number of pyridine rings is 1. The quantitative estimate of drug-likeness (QED) is 0.294. The van der Waals surface area contributed by atoms with Crippen molar-refractivity contribution in [3.05, 3.63) is 48.3 Å². The van der Waals surface area contributed by atoms with Crippen LogP contribution in [0.4, 0.5) is 11.6 Å². The Kier molecular flexibility index (Phi) is 6.65. The number of allylic oxidation sites excluding steroid dienone is 1. The number of rotatable bonds is 10. The highest BCUT2D eigenvalue weighted by Crippen LogP contribution is 2.28. The average molecular weight is 525 g/mol. The van der Waals surface area contributed by atoms with Gasteiger partial charge in [-0.25, -0.2) is 23.4 Å². The predicted molar refractivity (Wildman–Crippen MR) is 139 cm³/mol. The van der Waals surface area contributed by atoms with Gasteiger partial charge in [0.05, 0.1) is 41.2 Å². The molecule has 4 N–H and O–H groups in total. The lowest BCUT2D eigenvalue weighted by molar-refractivity contribution is -0.00343. The van der Waals surface area contributed by atoms with Gasteiger partial charge in [-0.15, -0.1) is 0 Å². The fraction of sp³-hybridized carbons (Fsp3) is 0.375. The average Bonchev–Trinajstić information content (AvgIpc) is 3.64. The van der Waals surface area contributed by atoms with Crippen molar-refractivity contribution >= 4 is 50.3 Å². The number of amides is 1. The summed E-state index contributed by atoms with van der Waals surface area (Å²) in [6.45, 7) is 5.10. The molecule has 1 amide bonds. The third-order valence-corrected chi connectivity index (χ3v) is 7.96. The maximum Gasteiger partial charge on any atom is 0.253 e. The molecule has 13 heteroatoms. The van der Waals surface area contributed by atoms with Crippen LogP contribution in [-0.2, 0) is 14.8 Å². The molecular weight excluding hydrogens is 496 g/mol. The van der Waals surface area contributed by atoms with Crippen molar-refractivity contribution in [1.29, 1.82) is 5.41 Å². The molecule has 0 bridgehead atoms. The van der Waals surface area contributed by atoms with E-state index in [1.54, 1.807) is 12.3 Å². The fourth-order valence-electron chi connectivity index (χ4n) is 3.89. The van der Waals surface area contributed by atoms with Crippen LogP contribution in [0.2, 0.25) is 0 Å². The van der Waals surface area contributed by atoms with Crippen LogP contribution in [0, 0.1) is 5.41 Å². The van der Waals surface area contributed by atoms with Gasteiger partial charge < -0.3 is 25.3 Å². The van der Waals surface area contributed by atoms with Crippen LogP contribution in [0.3, 0.4) is 0 Å². The van der Waals surface area contributed by atoms with E-state index in [4.69, 9.17) is 10.1 Å². The Labute approximate surface area is 214 Å². The van der Waals surface area contributed by atoms with Crippen molar-refractivity contribution < 1.29 is 17.9 Å². The molecule has 3 aromatic heterocycles. The molecular formula is C24H28N8O4S. The van der Waals surface area contributed by atoms with Gasteiger partial charge in [-0.1, -0.05) is 0 Å². The number of hydrogen-bond donors (Lipinski definition) is 4. The van der Waals surface area contributed by atoms with Gasteiger partial charge in [-0.05, 0) is 32.8 Å². The first-order chi connectivity index (χ1) is 17.7. The number of ether oxygens (including phenoxy) is 1. The maximum atomic E-state index is 12.9. The van der Waals surface area contributed by atoms with Crippen molar-refractivity contribution in [2.75, 3.05) is 18.5 Å². The molecule has 0 spiro atoms. The Balaban J connectivity index is 1.39. The first-order valence-corrected chi connectivity index (χ1v) is 13.5. The van der Waals surface area contributed by atoms with E-state index >= 15 is 0 Å². The molecule has 5 rings (SSSR count). The summed E-state index contributed by atoms with van der Waals surface area (Å²) in [6.07, 6.45) is 8.51. The zero-order chi connectivity index (χ0) is 26.2. The zero-order valence-electron chi connectivity index (χ0n) is 20.4. The summed E-state index contributed by atoms with van der Waals surface area (Å²) in [4.78, 5) is 25.9. The number of hydrogen-bond acceptors (Lipinski definition) is 9. The molecule has 2 fully saturated rings. The second kappa shape index (κ2) is 9.90. The molecule has 0 unspecified atom stereocenters. The van der Waals surface area contributed by atoms with Crippen LogP contribution < -0.4 is 15.4 Å². The summed E-state index contributed by atoms with van der Waals surface area (Å²) in [5.74, 6) is 0.944. The van der Waals surface area contributed by atoms with Gasteiger partial charge in [0.25, 0.3) is 5.91 Å². The Morgan fingerprint density at radius 1 is 1.24 bits per heavy atom. The molecule has 4 heterocycles. The minimum atomic E-state index is -3.45. The molecule has 0 radical (unpaired) electrons. The van der Waals surface area contributed by atoms with E-state index in [0.29, 0.717) is 43.3 Å². The first-order valence-electron chi connectivity index (χ1n) is 12.0. The molecule has 37 heavy (non-hydrogen) atoms. The molecule has 194 valence electrons. The lowest BCUT2D eigenvalue weighted by Crippen LogP contribution is -2.48. The van der Waals surface area contributed by atoms with Crippen molar-refractivity contribution in [3.8, 4) is 0 Å². The van der Waals surface area contributed by atoms with E-state index in [9.17, 15) is 13.2 Å². The predicted octanol–water partition coefficient (Wildman–Crippen LogP) is 2.35. The summed E-state index contributed by atoms with van der Waals surface area (Å²) in [6, 6.07) is 3.62. The number of anilines is 2. The van der Waals surface area contributed by atoms with E-state index in [-0.39, 0.29) is 34.6 Å². The Bertz CT molecular complexity index is 1490. The number of carbonyl (C=O) groups is 1. The van der Waals surface area contributed by atoms with Crippen molar-refractivity contribution in [2.45, 2.75) is 44.0 Å². The SMILES string of the molecule is CC(C)n1cc(C(=O)NC2COC2)c2cnc(Nc3ccnc(/C(C=N)=C/NS(=O)(=O)C4CC4)n3)cc21. The minimum Gasteiger partial charge on any atom is -0.377 e. The van der Waals surface area contributed by atoms with Crippen LogP contribution in [0.5, 0.6) is 0 Å². The lowest BCUT2D eigenvalue weighted by atomic mass is 10.2. The monoisotopic (exact) mass is 524 g/mol. The molecule has 12 nitrogen and oxygen atoms in total. The molecule has 1 saturated carbocycles. The highest BCUT2D eigenvalue weighted by Gasteiger charge is 2.35. The molecule has 2 aliphatic rings. The summed E-state index contributed by atoms with van der Waals surface area (Å²) in [5, 5.41) is 14.2. The van der Waals surface area contributed by atoms with E-state index in [0.717, 1.165) is 17.1 Å². The topological polar surface area (TPSA) is 164 Å². The largest absolute Gasteiger partial charge is 0.377 e. The van der Waals surface area contributed by atoms with Gasteiger partial charge >= 0.3 is 0 Å². The second-order valence-electron chi connectivity index (χ2n) is 9.34. The van der Waals surface area contributed by atoms with Crippen molar-refractivity contribution in [1.82, 2.24) is 29.6 Å². The summed E-state index contributed by atoms with van der Waals surface area (Å²) >= 11 is 0. The minimum absolute atomic E-state index is 0.0229. The number of nitrogens with zero attached hydrogens (tertiary/aromatic N) is 4. The summed E-state index contributed by atoms with van der Waals surface area (Å²) < 4.78 is 33.8. The van der Waals surface area contributed by atoms with Crippen molar-refractivity contribution in [2.24, 2.45) is 0 Å². The standard InChI is InChI=1S/C24H28N8O4S/c1-14(2)32-11-19(24(33)29-16-12-36-13-16)18-10-27-22(7-20(18)32)30-21-5-6-26-23(31-21)15(8-25)9-28-37(34,35)17-3-4-17/h5-11,14,16-17,25,28H,3-4,12-13H2,1-2H3,(H,29,33)(H,26,27,30,31)/b15-9+,25-8?. The van der Waals surface area contributed by atoms with Gasteiger partial charge in [0.1, 0.15) is 11.6 Å². The number of aromatic nitrogens is 4. The molecule has 0 atom stereocenters. The summed E-state index contributed by atoms with van der Waals surface area (Å²) in [7, 11) is -3.45. The Hall–Kier alpha value is -3.84. The zero-order valence-corrected chi connectivity index (χ0v) is 21.2. The highest BCUT2D eigenvalue weighted by molar-refractivity contribution is 7.90. The van der Waals surface area contributed by atoms with Gasteiger partial charge in [-0.3, -0.25) is 9.52 Å². The lowest BCUT2D eigenvalue weighted by Gasteiger charge is -2.26. The van der Waals surface area contributed by atoms with Crippen LogP contribution in [0.1, 0.15) is 48.9 Å². The van der Waals surface area contributed by atoms with Crippen LogP contribution in [0.25, 0.3) is 16.5 Å². The van der Waals surface area contributed by atoms with E-state index in [1.165, 1.54) is 12.4 Å². The Morgan fingerprint density at radius 2 is 2.03 bits per heavy atom. The molecule has 3 aromatic rings. The fourth-order valence-corrected chi connectivity index (χ4v) is 5.13. The maximum absolute atomic E-state index is 12.9. The summed E-state index contributed by atoms with van der Waals surface area (Å²) in [5.41, 5.74) is 1.61. The molecule has 1 aliphatic carbocycles. The smallest absolute Gasteiger partial charge is 0.253 e. The number of sulfonamides is 1. The van der Waals surface area contributed by atoms with E-state index < -0.39 is 10.0 Å². The van der Waals surface area contributed by atoms with Crippen LogP contribution >= 0.6 is 0 Å². The van der Waals surface area contributed by atoms with E-state index in [2.05, 4.69) is 30.3 Å². The third-order valence-electron chi connectivity index (χ3n) is 6.16. The van der Waals surface area contributed by atoms with Crippen LogP contribution in [-0.4, -0.2) is 64.6 Å². The second-order valence-corrected chi connectivity index (χ2v) is 11.3. The molecule has 0 aromatic carbocycles. The Morgan fingerprint density at radius 3 is 2.68 bits per heavy atom. The van der Waals surface area contributed by atoms with Crippen molar-refractivity contribution in [3.63, 3.8) is 0 Å². The van der Waals surface area contributed by atoms with Gasteiger partial charge in [-0.2, -0.15) is 0 Å². The molecule has 1 saturated heterocycles. The highest BCUT2D eigenvalue weighted by atomic mass is 32.2. The number of fused-ring (bicyclic) bond motifs is 1. The third kappa shape index (κ3) is 5.32. The van der Waals surface area contributed by atoms with Gasteiger partial charge in [0.2, 0.25) is 10.0 Å². The van der Waals surface area contributed by atoms with Crippen LogP contribution in [0.15, 0.2) is 36.9 Å². The number of nitrogens with one attached hydrogen (secondary N) is 4. The molecule has 1 aliphatic heterocycles. The van der Waals surface area contributed by atoms with Gasteiger partial charge in [0, 0.05) is 48.5 Å². The number of carbonyl (C=O) groups excluding carboxylic acids is 1. The normalized spacial score (nSPS) is 16.5.